The topological polar surface area (TPSA) is 58.2 Å². The molecule has 0 aromatic heterocycles. The second-order valence-electron chi connectivity index (χ2n) is 4.94. The summed E-state index contributed by atoms with van der Waals surface area (Å²) in [5, 5.41) is 3.40. The first-order valence-electron chi connectivity index (χ1n) is 6.37. The average Bonchev–Trinajstić information content (AvgIpc) is 2.28. The third-order valence-electron chi connectivity index (χ3n) is 3.24. The van der Waals surface area contributed by atoms with Crippen LogP contribution in [-0.2, 0) is 10.0 Å². The minimum Gasteiger partial charge on any atom is -0.382 e. The summed E-state index contributed by atoms with van der Waals surface area (Å²) in [7, 11) is -3.33. The minimum absolute atomic E-state index is 0.317. The quantitative estimate of drug-likeness (QED) is 0.860. The molecular formula is C13H20N2O2S. The van der Waals surface area contributed by atoms with Crippen LogP contribution in [0.4, 0.5) is 5.69 Å². The number of anilines is 1. The van der Waals surface area contributed by atoms with Gasteiger partial charge >= 0.3 is 0 Å². The molecule has 18 heavy (non-hydrogen) atoms. The molecular weight excluding hydrogens is 248 g/mol. The maximum absolute atomic E-state index is 11.7. The highest BCUT2D eigenvalue weighted by Crippen LogP contribution is 2.29. The van der Waals surface area contributed by atoms with Crippen molar-refractivity contribution in [3.63, 3.8) is 0 Å². The van der Waals surface area contributed by atoms with Gasteiger partial charge in [0.2, 0.25) is 10.0 Å². The molecule has 1 aromatic carbocycles. The third-order valence-corrected chi connectivity index (χ3v) is 4.81. The van der Waals surface area contributed by atoms with Gasteiger partial charge in [-0.3, -0.25) is 0 Å². The molecule has 0 saturated heterocycles. The van der Waals surface area contributed by atoms with E-state index in [-0.39, 0.29) is 0 Å². The van der Waals surface area contributed by atoms with Crippen molar-refractivity contribution in [2.24, 2.45) is 5.92 Å². The summed E-state index contributed by atoms with van der Waals surface area (Å²) in [6.45, 7) is 4.41. The molecule has 1 aliphatic rings. The van der Waals surface area contributed by atoms with Gasteiger partial charge in [-0.05, 0) is 43.0 Å². The molecule has 1 aromatic rings. The van der Waals surface area contributed by atoms with Gasteiger partial charge in [-0.15, -0.1) is 0 Å². The van der Waals surface area contributed by atoms with E-state index in [4.69, 9.17) is 0 Å². The molecule has 1 fully saturated rings. The molecule has 0 radical (unpaired) electrons. The monoisotopic (exact) mass is 268 g/mol. The Bertz CT molecular complexity index is 490. The lowest BCUT2D eigenvalue weighted by Crippen LogP contribution is -2.33. The third kappa shape index (κ3) is 3.03. The van der Waals surface area contributed by atoms with E-state index in [1.165, 1.54) is 12.8 Å². The molecule has 0 unspecified atom stereocenters. The molecule has 0 spiro atoms. The van der Waals surface area contributed by atoms with Gasteiger partial charge in [0, 0.05) is 18.3 Å². The van der Waals surface area contributed by atoms with Crippen LogP contribution in [0.3, 0.4) is 0 Å². The standard InChI is InChI=1S/C13H20N2O2S/c1-3-14-18(16,17)13-6-4-11(5-7-13)15-12-8-10(2)9-12/h4-7,10,12,14-15H,3,8-9H2,1-2H3. The average molecular weight is 268 g/mol. The fourth-order valence-electron chi connectivity index (χ4n) is 2.26. The zero-order valence-corrected chi connectivity index (χ0v) is 11.6. The number of nitrogens with one attached hydrogen (secondary N) is 2. The SMILES string of the molecule is CCNS(=O)(=O)c1ccc(NC2CC(C)C2)cc1. The van der Waals surface area contributed by atoms with Gasteiger partial charge < -0.3 is 5.32 Å². The summed E-state index contributed by atoms with van der Waals surface area (Å²) < 4.78 is 26.0. The maximum atomic E-state index is 11.7. The summed E-state index contributed by atoms with van der Waals surface area (Å²) in [4.78, 5) is 0.317. The molecule has 0 amide bonds. The summed E-state index contributed by atoms with van der Waals surface area (Å²) in [6.07, 6.45) is 2.38. The van der Waals surface area contributed by atoms with Crippen molar-refractivity contribution in [3.8, 4) is 0 Å². The summed E-state index contributed by atoms with van der Waals surface area (Å²) in [5.74, 6) is 0.802. The Labute approximate surface area is 109 Å². The first kappa shape index (κ1) is 13.4. The van der Waals surface area contributed by atoms with Crippen LogP contribution in [0, 0.1) is 5.92 Å². The van der Waals surface area contributed by atoms with Crippen molar-refractivity contribution in [3.05, 3.63) is 24.3 Å². The summed E-state index contributed by atoms with van der Waals surface area (Å²) in [5.41, 5.74) is 0.988. The van der Waals surface area contributed by atoms with Gasteiger partial charge in [0.1, 0.15) is 0 Å². The van der Waals surface area contributed by atoms with Gasteiger partial charge in [-0.2, -0.15) is 0 Å². The van der Waals surface area contributed by atoms with Crippen molar-refractivity contribution in [2.75, 3.05) is 11.9 Å². The number of benzene rings is 1. The normalized spacial score (nSPS) is 23.4. The molecule has 0 aliphatic heterocycles. The Hall–Kier alpha value is -1.07. The van der Waals surface area contributed by atoms with E-state index in [1.54, 1.807) is 19.1 Å². The van der Waals surface area contributed by atoms with Crippen LogP contribution in [0.15, 0.2) is 29.2 Å². The van der Waals surface area contributed by atoms with Crippen molar-refractivity contribution in [1.29, 1.82) is 0 Å². The lowest BCUT2D eigenvalue weighted by molar-refractivity contribution is 0.309. The predicted octanol–water partition coefficient (Wildman–Crippen LogP) is 2.20. The molecule has 2 N–H and O–H groups in total. The van der Waals surface area contributed by atoms with Crippen molar-refractivity contribution >= 4 is 15.7 Å². The van der Waals surface area contributed by atoms with Crippen LogP contribution < -0.4 is 10.0 Å². The molecule has 0 heterocycles. The Morgan fingerprint density at radius 3 is 2.33 bits per heavy atom. The lowest BCUT2D eigenvalue weighted by atomic mass is 9.82. The highest BCUT2D eigenvalue weighted by Gasteiger charge is 2.24. The molecule has 1 aliphatic carbocycles. The predicted molar refractivity (Wildman–Crippen MR) is 73.1 cm³/mol. The largest absolute Gasteiger partial charge is 0.382 e. The van der Waals surface area contributed by atoms with Crippen LogP contribution in [-0.4, -0.2) is 21.0 Å². The van der Waals surface area contributed by atoms with Crippen molar-refractivity contribution in [2.45, 2.75) is 37.6 Å². The highest BCUT2D eigenvalue weighted by molar-refractivity contribution is 7.89. The number of hydrogen-bond donors (Lipinski definition) is 2. The van der Waals surface area contributed by atoms with E-state index in [2.05, 4.69) is 17.0 Å². The first-order valence-corrected chi connectivity index (χ1v) is 7.86. The van der Waals surface area contributed by atoms with Gasteiger partial charge in [0.25, 0.3) is 0 Å². The Morgan fingerprint density at radius 2 is 1.83 bits per heavy atom. The van der Waals surface area contributed by atoms with E-state index >= 15 is 0 Å². The van der Waals surface area contributed by atoms with Crippen molar-refractivity contribution < 1.29 is 8.42 Å². The van der Waals surface area contributed by atoms with Gasteiger partial charge in [-0.25, -0.2) is 13.1 Å². The number of sulfonamides is 1. The summed E-state index contributed by atoms with van der Waals surface area (Å²) >= 11 is 0. The maximum Gasteiger partial charge on any atom is 0.240 e. The number of rotatable bonds is 5. The van der Waals surface area contributed by atoms with Gasteiger partial charge in [0.15, 0.2) is 0 Å². The van der Waals surface area contributed by atoms with E-state index < -0.39 is 10.0 Å². The molecule has 5 heteroatoms. The molecule has 2 rings (SSSR count). The minimum atomic E-state index is -3.33. The van der Waals surface area contributed by atoms with Gasteiger partial charge in [0.05, 0.1) is 4.90 Å². The summed E-state index contributed by atoms with van der Waals surface area (Å²) in [6, 6.07) is 7.47. The lowest BCUT2D eigenvalue weighted by Gasteiger charge is -2.34. The van der Waals surface area contributed by atoms with Crippen LogP contribution in [0.25, 0.3) is 0 Å². The molecule has 1 saturated carbocycles. The van der Waals surface area contributed by atoms with Gasteiger partial charge in [-0.1, -0.05) is 13.8 Å². The number of hydrogen-bond acceptors (Lipinski definition) is 3. The first-order chi connectivity index (χ1) is 8.51. The molecule has 0 atom stereocenters. The molecule has 4 nitrogen and oxygen atoms in total. The smallest absolute Gasteiger partial charge is 0.240 e. The Kier molecular flexibility index (Phi) is 3.92. The second kappa shape index (κ2) is 5.28. The fourth-order valence-corrected chi connectivity index (χ4v) is 3.30. The van der Waals surface area contributed by atoms with E-state index in [1.807, 2.05) is 12.1 Å². The highest BCUT2D eigenvalue weighted by atomic mass is 32.2. The van der Waals surface area contributed by atoms with E-state index in [9.17, 15) is 8.42 Å². The van der Waals surface area contributed by atoms with Crippen LogP contribution in [0.5, 0.6) is 0 Å². The molecule has 0 bridgehead atoms. The van der Waals surface area contributed by atoms with E-state index in [0.29, 0.717) is 17.5 Å². The molecule has 100 valence electrons. The van der Waals surface area contributed by atoms with Crippen LogP contribution in [0.1, 0.15) is 26.7 Å². The van der Waals surface area contributed by atoms with Crippen LogP contribution in [0.2, 0.25) is 0 Å². The Morgan fingerprint density at radius 1 is 1.22 bits per heavy atom. The second-order valence-corrected chi connectivity index (χ2v) is 6.71. The Balaban J connectivity index is 2.01. The zero-order valence-electron chi connectivity index (χ0n) is 10.8. The van der Waals surface area contributed by atoms with E-state index in [0.717, 1.165) is 11.6 Å². The zero-order chi connectivity index (χ0) is 13.2. The fraction of sp³-hybridized carbons (Fsp3) is 0.538. The van der Waals surface area contributed by atoms with Crippen molar-refractivity contribution in [1.82, 2.24) is 4.72 Å². The van der Waals surface area contributed by atoms with Crippen LogP contribution >= 0.6 is 0 Å².